The molecule has 1 unspecified atom stereocenters. The first-order valence-corrected chi connectivity index (χ1v) is 7.49. The van der Waals surface area contributed by atoms with Crippen molar-refractivity contribution in [2.75, 3.05) is 5.32 Å². The zero-order valence-electron chi connectivity index (χ0n) is 10.5. The molecule has 1 aliphatic carbocycles. The summed E-state index contributed by atoms with van der Waals surface area (Å²) in [5, 5.41) is 12.6. The maximum atomic E-state index is 9.26. The van der Waals surface area contributed by atoms with Crippen molar-refractivity contribution in [2.24, 2.45) is 5.92 Å². The summed E-state index contributed by atoms with van der Waals surface area (Å²) in [6.07, 6.45) is 7.59. The molecule has 1 aromatic rings. The van der Waals surface area contributed by atoms with Gasteiger partial charge in [-0.3, -0.25) is 0 Å². The number of hydrogen-bond donors (Lipinski definition) is 1. The Hall–Kier alpha value is -1.01. The van der Waals surface area contributed by atoms with Gasteiger partial charge in [-0.1, -0.05) is 54.1 Å². The molecule has 0 heterocycles. The number of benzene rings is 1. The fourth-order valence-electron chi connectivity index (χ4n) is 2.68. The topological polar surface area (TPSA) is 35.8 Å². The van der Waals surface area contributed by atoms with Crippen molar-refractivity contribution in [1.82, 2.24) is 0 Å². The van der Waals surface area contributed by atoms with Crippen molar-refractivity contribution >= 4 is 21.6 Å². The fourth-order valence-corrected chi connectivity index (χ4v) is 3.08. The molecule has 0 spiro atoms. The second kappa shape index (κ2) is 6.80. The van der Waals surface area contributed by atoms with Gasteiger partial charge in [0.05, 0.1) is 6.07 Å². The van der Waals surface area contributed by atoms with Crippen molar-refractivity contribution in [3.8, 4) is 6.07 Å². The third kappa shape index (κ3) is 4.03. The Morgan fingerprint density at radius 1 is 1.33 bits per heavy atom. The molecule has 1 fully saturated rings. The number of nitriles is 1. The van der Waals surface area contributed by atoms with Crippen LogP contribution in [0.1, 0.15) is 38.5 Å². The molecule has 18 heavy (non-hydrogen) atoms. The number of rotatable bonds is 4. The minimum absolute atomic E-state index is 0.0672. The van der Waals surface area contributed by atoms with Gasteiger partial charge in [-0.25, -0.2) is 0 Å². The predicted molar refractivity (Wildman–Crippen MR) is 78.4 cm³/mol. The molecule has 0 amide bonds. The molecule has 1 aromatic carbocycles. The van der Waals surface area contributed by atoms with E-state index >= 15 is 0 Å². The zero-order valence-corrected chi connectivity index (χ0v) is 12.1. The molecule has 0 bridgehead atoms. The van der Waals surface area contributed by atoms with Gasteiger partial charge >= 0.3 is 0 Å². The molecular formula is C15H19BrN2. The third-order valence-electron chi connectivity index (χ3n) is 3.62. The van der Waals surface area contributed by atoms with Crippen LogP contribution in [0.15, 0.2) is 28.7 Å². The van der Waals surface area contributed by atoms with Gasteiger partial charge in [-0.2, -0.15) is 5.26 Å². The van der Waals surface area contributed by atoms with Crippen molar-refractivity contribution in [1.29, 1.82) is 5.26 Å². The minimum atomic E-state index is -0.0672. The first kappa shape index (κ1) is 13.4. The van der Waals surface area contributed by atoms with Crippen LogP contribution in [0, 0.1) is 17.2 Å². The largest absolute Gasteiger partial charge is 0.370 e. The van der Waals surface area contributed by atoms with Crippen LogP contribution in [0.25, 0.3) is 0 Å². The summed E-state index contributed by atoms with van der Waals surface area (Å²) in [6, 6.07) is 10.3. The Morgan fingerprint density at radius 2 is 2.11 bits per heavy atom. The van der Waals surface area contributed by atoms with E-state index in [4.69, 9.17) is 0 Å². The Bertz CT molecular complexity index is 419. The van der Waals surface area contributed by atoms with Crippen LogP contribution in [0.4, 0.5) is 5.69 Å². The second-order valence-electron chi connectivity index (χ2n) is 5.08. The third-order valence-corrected chi connectivity index (χ3v) is 4.11. The van der Waals surface area contributed by atoms with Gasteiger partial charge in [0.15, 0.2) is 0 Å². The van der Waals surface area contributed by atoms with Crippen LogP contribution in [-0.4, -0.2) is 6.04 Å². The Morgan fingerprint density at radius 3 is 2.78 bits per heavy atom. The molecule has 0 saturated heterocycles. The predicted octanol–water partition coefficient (Wildman–Crippen LogP) is 4.72. The Labute approximate surface area is 118 Å². The zero-order chi connectivity index (χ0) is 12.8. The van der Waals surface area contributed by atoms with Gasteiger partial charge in [-0.15, -0.1) is 0 Å². The summed E-state index contributed by atoms with van der Waals surface area (Å²) in [7, 11) is 0. The second-order valence-corrected chi connectivity index (χ2v) is 5.99. The van der Waals surface area contributed by atoms with Gasteiger partial charge in [0.1, 0.15) is 6.04 Å². The highest BCUT2D eigenvalue weighted by molar-refractivity contribution is 9.10. The molecule has 1 saturated carbocycles. The van der Waals surface area contributed by atoms with Crippen LogP contribution in [0.5, 0.6) is 0 Å². The maximum Gasteiger partial charge on any atom is 0.114 e. The lowest BCUT2D eigenvalue weighted by atomic mass is 9.85. The molecule has 1 atom stereocenters. The highest BCUT2D eigenvalue weighted by atomic mass is 79.9. The lowest BCUT2D eigenvalue weighted by Gasteiger charge is -2.24. The van der Waals surface area contributed by atoms with E-state index < -0.39 is 0 Å². The van der Waals surface area contributed by atoms with Gasteiger partial charge in [0.25, 0.3) is 0 Å². The van der Waals surface area contributed by atoms with Crippen LogP contribution in [0.2, 0.25) is 0 Å². The lowest BCUT2D eigenvalue weighted by molar-refractivity contribution is 0.335. The summed E-state index contributed by atoms with van der Waals surface area (Å²) in [4.78, 5) is 0. The van der Waals surface area contributed by atoms with Crippen molar-refractivity contribution in [3.63, 3.8) is 0 Å². The average molecular weight is 307 g/mol. The summed E-state index contributed by atoms with van der Waals surface area (Å²) in [6.45, 7) is 0. The lowest BCUT2D eigenvalue weighted by Crippen LogP contribution is -2.22. The molecule has 1 aliphatic rings. The molecule has 2 rings (SSSR count). The number of anilines is 1. The van der Waals surface area contributed by atoms with E-state index in [0.717, 1.165) is 22.5 Å². The molecule has 0 aliphatic heterocycles. The normalized spacial score (nSPS) is 18.0. The SMILES string of the molecule is N#CC(CC1CCCCC1)Nc1cccc(Br)c1. The Balaban J connectivity index is 1.91. The summed E-state index contributed by atoms with van der Waals surface area (Å²) >= 11 is 3.45. The van der Waals surface area contributed by atoms with E-state index in [0.29, 0.717) is 0 Å². The van der Waals surface area contributed by atoms with Crippen LogP contribution >= 0.6 is 15.9 Å². The molecule has 96 valence electrons. The molecule has 2 nitrogen and oxygen atoms in total. The summed E-state index contributed by atoms with van der Waals surface area (Å²) in [5.74, 6) is 0.725. The maximum absolute atomic E-state index is 9.26. The molecule has 3 heteroatoms. The monoisotopic (exact) mass is 306 g/mol. The Kier molecular flexibility index (Phi) is 5.07. The van der Waals surface area contributed by atoms with Crippen molar-refractivity contribution in [2.45, 2.75) is 44.6 Å². The van der Waals surface area contributed by atoms with E-state index in [-0.39, 0.29) is 6.04 Å². The van der Waals surface area contributed by atoms with Crippen LogP contribution < -0.4 is 5.32 Å². The van der Waals surface area contributed by atoms with Crippen molar-refractivity contribution < 1.29 is 0 Å². The van der Waals surface area contributed by atoms with E-state index in [9.17, 15) is 5.26 Å². The highest BCUT2D eigenvalue weighted by Gasteiger charge is 2.18. The summed E-state index contributed by atoms with van der Waals surface area (Å²) < 4.78 is 1.04. The quantitative estimate of drug-likeness (QED) is 0.873. The number of nitrogens with one attached hydrogen (secondary N) is 1. The highest BCUT2D eigenvalue weighted by Crippen LogP contribution is 2.28. The first-order chi connectivity index (χ1) is 8.78. The van der Waals surface area contributed by atoms with Gasteiger partial charge in [0, 0.05) is 10.2 Å². The molecule has 0 aromatic heterocycles. The number of nitrogens with zero attached hydrogens (tertiary/aromatic N) is 1. The van der Waals surface area contributed by atoms with Gasteiger partial charge in [-0.05, 0) is 30.5 Å². The van der Waals surface area contributed by atoms with Gasteiger partial charge < -0.3 is 5.32 Å². The first-order valence-electron chi connectivity index (χ1n) is 6.69. The van der Waals surface area contributed by atoms with E-state index in [2.05, 4.69) is 27.3 Å². The molecule has 1 N–H and O–H groups in total. The minimum Gasteiger partial charge on any atom is -0.370 e. The number of halogens is 1. The smallest absolute Gasteiger partial charge is 0.114 e. The summed E-state index contributed by atoms with van der Waals surface area (Å²) in [5.41, 5.74) is 1.02. The van der Waals surface area contributed by atoms with E-state index in [1.807, 2.05) is 24.3 Å². The molecular weight excluding hydrogens is 288 g/mol. The van der Waals surface area contributed by atoms with Crippen LogP contribution in [0.3, 0.4) is 0 Å². The number of hydrogen-bond acceptors (Lipinski definition) is 2. The van der Waals surface area contributed by atoms with Crippen LogP contribution in [-0.2, 0) is 0 Å². The average Bonchev–Trinajstić information content (AvgIpc) is 2.39. The van der Waals surface area contributed by atoms with E-state index in [1.165, 1.54) is 32.1 Å². The fraction of sp³-hybridized carbons (Fsp3) is 0.533. The van der Waals surface area contributed by atoms with Gasteiger partial charge in [0.2, 0.25) is 0 Å². The van der Waals surface area contributed by atoms with Crippen molar-refractivity contribution in [3.05, 3.63) is 28.7 Å². The molecule has 0 radical (unpaired) electrons. The van der Waals surface area contributed by atoms with E-state index in [1.54, 1.807) is 0 Å². The standard InChI is InChI=1S/C15H19BrN2/c16-13-7-4-8-14(10-13)18-15(11-17)9-12-5-2-1-3-6-12/h4,7-8,10,12,15,18H,1-3,5-6,9H2.